The minimum atomic E-state index is 0.442. The first kappa shape index (κ1) is 15.0. The van der Waals surface area contributed by atoms with E-state index in [9.17, 15) is 0 Å². The summed E-state index contributed by atoms with van der Waals surface area (Å²) in [6.07, 6.45) is 0. The van der Waals surface area contributed by atoms with E-state index in [1.807, 2.05) is 44.2 Å². The van der Waals surface area contributed by atoms with Gasteiger partial charge in [0.25, 0.3) is 0 Å². The number of nitrogens with zero attached hydrogens (tertiary/aromatic N) is 3. The van der Waals surface area contributed by atoms with E-state index >= 15 is 0 Å². The fraction of sp³-hybridized carbons (Fsp3) is 0.235. The molecule has 0 saturated heterocycles. The number of anilines is 2. The Morgan fingerprint density at radius 1 is 1.09 bits per heavy atom. The summed E-state index contributed by atoms with van der Waals surface area (Å²) in [4.78, 5) is 13.2. The maximum atomic E-state index is 6.07. The number of nitrogen functional groups attached to an aromatic ring is 1. The van der Waals surface area contributed by atoms with Crippen LogP contribution in [0.3, 0.4) is 0 Å². The fourth-order valence-electron chi connectivity index (χ4n) is 2.51. The average molecular weight is 309 g/mol. The highest BCUT2D eigenvalue weighted by atomic mass is 16.5. The van der Waals surface area contributed by atoms with E-state index in [1.165, 1.54) is 0 Å². The van der Waals surface area contributed by atoms with Crippen LogP contribution in [-0.4, -0.2) is 22.1 Å². The van der Waals surface area contributed by atoms with Gasteiger partial charge in [0.05, 0.1) is 12.5 Å². The third kappa shape index (κ3) is 3.15. The molecule has 0 bridgehead atoms. The van der Waals surface area contributed by atoms with Gasteiger partial charge >= 0.3 is 0 Å². The zero-order chi connectivity index (χ0) is 16.4. The lowest BCUT2D eigenvalue weighted by Gasteiger charge is -2.10. The summed E-state index contributed by atoms with van der Waals surface area (Å²) in [7, 11) is 1.65. The van der Waals surface area contributed by atoms with Gasteiger partial charge in [0.2, 0.25) is 5.95 Å². The summed E-state index contributed by atoms with van der Waals surface area (Å²) in [6, 6.07) is 9.79. The van der Waals surface area contributed by atoms with Crippen LogP contribution in [0.2, 0.25) is 0 Å². The Morgan fingerprint density at radius 2 is 1.83 bits per heavy atom. The minimum Gasteiger partial charge on any atom is -0.497 e. The van der Waals surface area contributed by atoms with Gasteiger partial charge < -0.3 is 15.8 Å². The lowest BCUT2D eigenvalue weighted by Crippen LogP contribution is -2.07. The van der Waals surface area contributed by atoms with Gasteiger partial charge in [-0.05, 0) is 43.2 Å². The average Bonchev–Trinajstić information content (AvgIpc) is 2.52. The molecule has 0 unspecified atom stereocenters. The van der Waals surface area contributed by atoms with Crippen molar-refractivity contribution in [3.63, 3.8) is 0 Å². The van der Waals surface area contributed by atoms with Crippen LogP contribution in [0.4, 0.5) is 11.8 Å². The van der Waals surface area contributed by atoms with Crippen molar-refractivity contribution in [1.29, 1.82) is 0 Å². The number of aromatic nitrogens is 3. The van der Waals surface area contributed by atoms with Gasteiger partial charge in [-0.1, -0.05) is 12.1 Å². The van der Waals surface area contributed by atoms with E-state index in [0.717, 1.165) is 28.0 Å². The van der Waals surface area contributed by atoms with Gasteiger partial charge in [0.15, 0.2) is 5.65 Å². The molecule has 0 spiro atoms. The lowest BCUT2D eigenvalue weighted by molar-refractivity contribution is 0.414. The number of ether oxygens (including phenoxy) is 1. The molecular weight excluding hydrogens is 290 g/mol. The normalized spacial score (nSPS) is 10.7. The molecule has 3 N–H and O–H groups in total. The SMILES string of the molecule is COc1ccc(CNc2nc(N)c3c(C)cc(C)nc3n2)cc1. The van der Waals surface area contributed by atoms with Crippen LogP contribution in [0.25, 0.3) is 11.0 Å². The zero-order valence-corrected chi connectivity index (χ0v) is 13.4. The summed E-state index contributed by atoms with van der Waals surface area (Å²) in [5, 5.41) is 4.00. The van der Waals surface area contributed by atoms with Gasteiger partial charge in [-0.25, -0.2) is 4.98 Å². The molecule has 1 aromatic carbocycles. The number of nitrogens with two attached hydrogens (primary N) is 1. The van der Waals surface area contributed by atoms with Crippen molar-refractivity contribution < 1.29 is 4.74 Å². The number of hydrogen-bond acceptors (Lipinski definition) is 6. The van der Waals surface area contributed by atoms with E-state index in [0.29, 0.717) is 24.0 Å². The van der Waals surface area contributed by atoms with Gasteiger partial charge in [-0.3, -0.25) is 0 Å². The first-order chi connectivity index (χ1) is 11.1. The van der Waals surface area contributed by atoms with Crippen molar-refractivity contribution in [3.05, 3.63) is 47.2 Å². The summed E-state index contributed by atoms with van der Waals surface area (Å²) >= 11 is 0. The maximum absolute atomic E-state index is 6.07. The molecule has 3 rings (SSSR count). The van der Waals surface area contributed by atoms with Gasteiger partial charge in [0.1, 0.15) is 11.6 Å². The zero-order valence-electron chi connectivity index (χ0n) is 13.4. The van der Waals surface area contributed by atoms with E-state index in [2.05, 4.69) is 20.3 Å². The maximum Gasteiger partial charge on any atom is 0.226 e. The molecule has 6 heteroatoms. The number of hydrogen-bond donors (Lipinski definition) is 2. The van der Waals surface area contributed by atoms with E-state index in [4.69, 9.17) is 10.5 Å². The second kappa shape index (κ2) is 6.08. The molecule has 2 aromatic heterocycles. The van der Waals surface area contributed by atoms with Crippen molar-refractivity contribution in [3.8, 4) is 5.75 Å². The highest BCUT2D eigenvalue weighted by Gasteiger charge is 2.09. The molecule has 0 amide bonds. The summed E-state index contributed by atoms with van der Waals surface area (Å²) in [5.74, 6) is 1.75. The molecule has 0 aliphatic rings. The van der Waals surface area contributed by atoms with Crippen LogP contribution in [0.15, 0.2) is 30.3 Å². The molecule has 0 aliphatic carbocycles. The Kier molecular flexibility index (Phi) is 3.97. The summed E-state index contributed by atoms with van der Waals surface area (Å²) in [6.45, 7) is 4.52. The van der Waals surface area contributed by atoms with Crippen LogP contribution in [-0.2, 0) is 6.54 Å². The topological polar surface area (TPSA) is 86.0 Å². The molecule has 0 atom stereocenters. The van der Waals surface area contributed by atoms with Crippen LogP contribution in [0.5, 0.6) is 5.75 Å². The standard InChI is InChI=1S/C17H19N5O/c1-10-8-11(2)20-16-14(10)15(18)21-17(22-16)19-9-12-4-6-13(23-3)7-5-12/h4-8H,9H2,1-3H3,(H3,18,19,20,21,22). The quantitative estimate of drug-likeness (QED) is 0.770. The Balaban J connectivity index is 1.85. The monoisotopic (exact) mass is 309 g/mol. The summed E-state index contributed by atoms with van der Waals surface area (Å²) in [5.41, 5.74) is 9.73. The third-order valence-electron chi connectivity index (χ3n) is 3.63. The Hall–Kier alpha value is -2.89. The van der Waals surface area contributed by atoms with E-state index in [1.54, 1.807) is 7.11 Å². The number of nitrogens with one attached hydrogen (secondary N) is 1. The molecule has 6 nitrogen and oxygen atoms in total. The first-order valence-electron chi connectivity index (χ1n) is 7.35. The van der Waals surface area contributed by atoms with Crippen LogP contribution < -0.4 is 15.8 Å². The molecular formula is C17H19N5O. The second-order valence-corrected chi connectivity index (χ2v) is 5.41. The largest absolute Gasteiger partial charge is 0.497 e. The number of aryl methyl sites for hydroxylation is 2. The van der Waals surface area contributed by atoms with Gasteiger partial charge in [-0.15, -0.1) is 0 Å². The molecule has 118 valence electrons. The van der Waals surface area contributed by atoms with Crippen molar-refractivity contribution >= 4 is 22.8 Å². The molecule has 0 fully saturated rings. The number of methoxy groups -OCH3 is 1. The Morgan fingerprint density at radius 3 is 2.52 bits per heavy atom. The predicted octanol–water partition coefficient (Wildman–Crippen LogP) is 2.84. The Bertz CT molecular complexity index is 846. The Labute approximate surface area is 134 Å². The lowest BCUT2D eigenvalue weighted by atomic mass is 10.1. The number of pyridine rings is 1. The minimum absolute atomic E-state index is 0.442. The van der Waals surface area contributed by atoms with Crippen LogP contribution in [0, 0.1) is 13.8 Å². The van der Waals surface area contributed by atoms with E-state index < -0.39 is 0 Å². The van der Waals surface area contributed by atoms with Crippen LogP contribution in [0.1, 0.15) is 16.8 Å². The highest BCUT2D eigenvalue weighted by molar-refractivity contribution is 5.89. The second-order valence-electron chi connectivity index (χ2n) is 5.41. The summed E-state index contributed by atoms with van der Waals surface area (Å²) < 4.78 is 5.15. The third-order valence-corrected chi connectivity index (χ3v) is 3.63. The fourth-order valence-corrected chi connectivity index (χ4v) is 2.51. The molecule has 0 saturated carbocycles. The van der Waals surface area contributed by atoms with Crippen molar-refractivity contribution in [1.82, 2.24) is 15.0 Å². The van der Waals surface area contributed by atoms with Crippen molar-refractivity contribution in [2.75, 3.05) is 18.2 Å². The first-order valence-corrected chi connectivity index (χ1v) is 7.35. The smallest absolute Gasteiger partial charge is 0.226 e. The van der Waals surface area contributed by atoms with Crippen molar-refractivity contribution in [2.45, 2.75) is 20.4 Å². The molecule has 23 heavy (non-hydrogen) atoms. The molecule has 2 heterocycles. The van der Waals surface area contributed by atoms with E-state index in [-0.39, 0.29) is 0 Å². The number of rotatable bonds is 4. The highest BCUT2D eigenvalue weighted by Crippen LogP contribution is 2.23. The van der Waals surface area contributed by atoms with Crippen molar-refractivity contribution in [2.24, 2.45) is 0 Å². The van der Waals surface area contributed by atoms with Crippen LogP contribution >= 0.6 is 0 Å². The number of benzene rings is 1. The molecule has 0 radical (unpaired) electrons. The van der Waals surface area contributed by atoms with Gasteiger partial charge in [-0.2, -0.15) is 9.97 Å². The number of fused-ring (bicyclic) bond motifs is 1. The molecule has 0 aliphatic heterocycles. The predicted molar refractivity (Wildman–Crippen MR) is 91.5 cm³/mol. The molecule has 3 aromatic rings. The van der Waals surface area contributed by atoms with Gasteiger partial charge in [0, 0.05) is 12.2 Å².